The molecule has 2 aromatic heterocycles. The van der Waals surface area contributed by atoms with E-state index in [-0.39, 0.29) is 11.9 Å². The van der Waals surface area contributed by atoms with Gasteiger partial charge < -0.3 is 10.6 Å². The molecule has 122 valence electrons. The maximum absolute atomic E-state index is 12.2. The first-order valence-corrected chi connectivity index (χ1v) is 8.26. The van der Waals surface area contributed by atoms with Crippen LogP contribution in [0.1, 0.15) is 19.3 Å². The molecule has 1 aliphatic heterocycles. The number of nitrogens with zero attached hydrogens (tertiary/aromatic N) is 3. The molecular formula is C18H19N5O. The molecule has 1 fully saturated rings. The van der Waals surface area contributed by atoms with Crippen LogP contribution < -0.4 is 10.6 Å². The highest BCUT2D eigenvalue weighted by atomic mass is 16.2. The average Bonchev–Trinajstić information content (AvgIpc) is 3.01. The Morgan fingerprint density at radius 1 is 1.17 bits per heavy atom. The number of fused-ring (bicyclic) bond motifs is 1. The summed E-state index contributed by atoms with van der Waals surface area (Å²) in [7, 11) is 0. The van der Waals surface area contributed by atoms with Crippen molar-refractivity contribution in [1.82, 2.24) is 19.9 Å². The Bertz CT molecular complexity index is 858. The van der Waals surface area contributed by atoms with Crippen LogP contribution >= 0.6 is 0 Å². The number of benzene rings is 1. The number of anilines is 1. The number of nitrogens with one attached hydrogen (secondary N) is 2. The second-order valence-corrected chi connectivity index (χ2v) is 5.98. The van der Waals surface area contributed by atoms with Gasteiger partial charge in [-0.05, 0) is 19.3 Å². The Hall–Kier alpha value is -2.89. The Balaban J connectivity index is 1.73. The first-order chi connectivity index (χ1) is 11.8. The predicted octanol–water partition coefficient (Wildman–Crippen LogP) is 2.48. The lowest BCUT2D eigenvalue weighted by Crippen LogP contribution is -2.38. The minimum Gasteiger partial charge on any atom is -0.358 e. The van der Waals surface area contributed by atoms with E-state index in [1.165, 1.54) is 0 Å². The van der Waals surface area contributed by atoms with Crippen molar-refractivity contribution in [2.75, 3.05) is 11.9 Å². The van der Waals surface area contributed by atoms with Gasteiger partial charge in [-0.15, -0.1) is 0 Å². The molecule has 1 amide bonds. The molecule has 3 aromatic rings. The smallest absolute Gasteiger partial charge is 0.242 e. The Morgan fingerprint density at radius 3 is 2.92 bits per heavy atom. The Labute approximate surface area is 139 Å². The quantitative estimate of drug-likeness (QED) is 0.777. The van der Waals surface area contributed by atoms with Crippen molar-refractivity contribution in [1.29, 1.82) is 0 Å². The fraction of sp³-hybridized carbons (Fsp3) is 0.278. The number of rotatable bonds is 3. The maximum atomic E-state index is 12.2. The van der Waals surface area contributed by atoms with E-state index in [0.717, 1.165) is 48.5 Å². The van der Waals surface area contributed by atoms with Gasteiger partial charge in [-0.2, -0.15) is 9.61 Å². The monoisotopic (exact) mass is 321 g/mol. The van der Waals surface area contributed by atoms with Gasteiger partial charge in [0.05, 0.1) is 11.9 Å². The molecule has 3 heterocycles. The maximum Gasteiger partial charge on any atom is 0.242 e. The molecule has 24 heavy (non-hydrogen) atoms. The van der Waals surface area contributed by atoms with Crippen LogP contribution in [0.15, 0.2) is 48.7 Å². The van der Waals surface area contributed by atoms with Gasteiger partial charge in [0.1, 0.15) is 11.9 Å². The van der Waals surface area contributed by atoms with Gasteiger partial charge in [-0.25, -0.2) is 4.98 Å². The van der Waals surface area contributed by atoms with Crippen LogP contribution in [0.5, 0.6) is 0 Å². The lowest BCUT2D eigenvalue weighted by atomic mass is 10.1. The van der Waals surface area contributed by atoms with Gasteiger partial charge in [-0.1, -0.05) is 30.3 Å². The van der Waals surface area contributed by atoms with E-state index >= 15 is 0 Å². The summed E-state index contributed by atoms with van der Waals surface area (Å²) in [6.45, 7) is 0.750. The van der Waals surface area contributed by atoms with E-state index in [1.54, 1.807) is 10.7 Å². The predicted molar refractivity (Wildman–Crippen MR) is 92.7 cm³/mol. The largest absolute Gasteiger partial charge is 0.358 e. The van der Waals surface area contributed by atoms with Gasteiger partial charge in [-0.3, -0.25) is 4.79 Å². The van der Waals surface area contributed by atoms with E-state index in [2.05, 4.69) is 20.7 Å². The minimum atomic E-state index is -0.245. The van der Waals surface area contributed by atoms with Crippen molar-refractivity contribution in [3.63, 3.8) is 0 Å². The van der Waals surface area contributed by atoms with Crippen molar-refractivity contribution >= 4 is 17.4 Å². The van der Waals surface area contributed by atoms with E-state index in [0.29, 0.717) is 0 Å². The molecule has 0 spiro atoms. The van der Waals surface area contributed by atoms with E-state index < -0.39 is 0 Å². The van der Waals surface area contributed by atoms with Gasteiger partial charge in [0.15, 0.2) is 5.65 Å². The summed E-state index contributed by atoms with van der Waals surface area (Å²) in [5.74, 6) is 0.830. The zero-order valence-electron chi connectivity index (χ0n) is 13.3. The molecular weight excluding hydrogens is 302 g/mol. The SMILES string of the molecule is O=C1NCCCCC1Nc1cc(-c2ccccc2)nc2ccnn12. The summed E-state index contributed by atoms with van der Waals surface area (Å²) in [6.07, 6.45) is 4.58. The zero-order valence-corrected chi connectivity index (χ0v) is 13.3. The molecule has 0 saturated carbocycles. The topological polar surface area (TPSA) is 71.3 Å². The van der Waals surface area contributed by atoms with Crippen LogP contribution in [-0.4, -0.2) is 33.1 Å². The molecule has 1 atom stereocenters. The molecule has 1 aromatic carbocycles. The van der Waals surface area contributed by atoms with Crippen molar-refractivity contribution in [2.24, 2.45) is 0 Å². The van der Waals surface area contributed by atoms with Crippen LogP contribution in [0.3, 0.4) is 0 Å². The average molecular weight is 321 g/mol. The second-order valence-electron chi connectivity index (χ2n) is 5.98. The van der Waals surface area contributed by atoms with Crippen LogP contribution in [0.2, 0.25) is 0 Å². The third-order valence-corrected chi connectivity index (χ3v) is 4.29. The molecule has 2 N–H and O–H groups in total. The highest BCUT2D eigenvalue weighted by molar-refractivity contribution is 5.85. The number of aromatic nitrogens is 3. The molecule has 6 heteroatoms. The number of carbonyl (C=O) groups is 1. The van der Waals surface area contributed by atoms with Crippen molar-refractivity contribution < 1.29 is 4.79 Å². The molecule has 6 nitrogen and oxygen atoms in total. The van der Waals surface area contributed by atoms with Gasteiger partial charge in [0, 0.05) is 24.2 Å². The first kappa shape index (κ1) is 14.7. The summed E-state index contributed by atoms with van der Waals surface area (Å²) in [6, 6.07) is 13.6. The lowest BCUT2D eigenvalue weighted by Gasteiger charge is -2.18. The van der Waals surface area contributed by atoms with Gasteiger partial charge in [0.2, 0.25) is 5.91 Å². The summed E-state index contributed by atoms with van der Waals surface area (Å²) in [5, 5.41) is 10.6. The lowest BCUT2D eigenvalue weighted by molar-refractivity contribution is -0.121. The van der Waals surface area contributed by atoms with Gasteiger partial charge >= 0.3 is 0 Å². The second kappa shape index (κ2) is 6.31. The summed E-state index contributed by atoms with van der Waals surface area (Å²) >= 11 is 0. The number of carbonyl (C=O) groups excluding carboxylic acids is 1. The molecule has 1 aliphatic rings. The van der Waals surface area contributed by atoms with E-state index in [4.69, 9.17) is 0 Å². The van der Waals surface area contributed by atoms with E-state index in [1.807, 2.05) is 42.5 Å². The summed E-state index contributed by atoms with van der Waals surface area (Å²) < 4.78 is 1.74. The number of amides is 1. The third kappa shape index (κ3) is 2.82. The summed E-state index contributed by atoms with van der Waals surface area (Å²) in [4.78, 5) is 16.9. The fourth-order valence-corrected chi connectivity index (χ4v) is 3.03. The number of hydrogen-bond acceptors (Lipinski definition) is 4. The molecule has 0 radical (unpaired) electrons. The van der Waals surface area contributed by atoms with Gasteiger partial charge in [0.25, 0.3) is 0 Å². The zero-order chi connectivity index (χ0) is 16.4. The number of hydrogen-bond donors (Lipinski definition) is 2. The van der Waals surface area contributed by atoms with Crippen LogP contribution in [-0.2, 0) is 4.79 Å². The van der Waals surface area contributed by atoms with Crippen molar-refractivity contribution in [3.05, 3.63) is 48.7 Å². The standard InChI is InChI=1S/C18H19N5O/c24-18-14(8-4-5-10-19-18)21-17-12-15(13-6-2-1-3-7-13)22-16-9-11-20-23(16)17/h1-3,6-7,9,11-12,14,21H,4-5,8,10H2,(H,19,24). The first-order valence-electron chi connectivity index (χ1n) is 8.26. The normalized spacial score (nSPS) is 18.2. The van der Waals surface area contributed by atoms with Crippen LogP contribution in [0.25, 0.3) is 16.9 Å². The molecule has 1 saturated heterocycles. The Kier molecular flexibility index (Phi) is 3.86. The highest BCUT2D eigenvalue weighted by Crippen LogP contribution is 2.23. The van der Waals surface area contributed by atoms with Crippen molar-refractivity contribution in [2.45, 2.75) is 25.3 Å². The third-order valence-electron chi connectivity index (χ3n) is 4.29. The molecule has 4 rings (SSSR count). The van der Waals surface area contributed by atoms with Crippen molar-refractivity contribution in [3.8, 4) is 11.3 Å². The fourth-order valence-electron chi connectivity index (χ4n) is 3.03. The molecule has 0 bridgehead atoms. The molecule has 0 aliphatic carbocycles. The van der Waals surface area contributed by atoms with Crippen LogP contribution in [0.4, 0.5) is 5.82 Å². The minimum absolute atomic E-state index is 0.0471. The van der Waals surface area contributed by atoms with Crippen LogP contribution in [0, 0.1) is 0 Å². The highest BCUT2D eigenvalue weighted by Gasteiger charge is 2.21. The summed E-state index contributed by atoms with van der Waals surface area (Å²) in [5.41, 5.74) is 2.66. The van der Waals surface area contributed by atoms with E-state index in [9.17, 15) is 4.79 Å². The molecule has 1 unspecified atom stereocenters. The Morgan fingerprint density at radius 2 is 2.04 bits per heavy atom.